The van der Waals surface area contributed by atoms with Gasteiger partial charge in [0.15, 0.2) is 5.78 Å². The van der Waals surface area contributed by atoms with E-state index in [0.29, 0.717) is 19.3 Å². The van der Waals surface area contributed by atoms with Gasteiger partial charge in [-0.15, -0.1) is 0 Å². The number of unbranched alkanes of at least 4 members (excludes halogenated alkanes) is 5. The van der Waals surface area contributed by atoms with E-state index in [2.05, 4.69) is 6.92 Å². The van der Waals surface area contributed by atoms with Crippen LogP contribution in [-0.2, 0) is 4.79 Å². The van der Waals surface area contributed by atoms with Crippen molar-refractivity contribution in [3.63, 3.8) is 0 Å². The third-order valence-corrected chi connectivity index (χ3v) is 3.71. The van der Waals surface area contributed by atoms with Crippen LogP contribution in [0, 0.1) is 0 Å². The Balaban J connectivity index is 2.06. The second kappa shape index (κ2) is 7.05. The van der Waals surface area contributed by atoms with E-state index in [9.17, 15) is 9.90 Å². The molecule has 0 atom stereocenters. The molecule has 1 aliphatic rings. The molecule has 0 unspecified atom stereocenters. The standard InChI is InChI=1S/C14H26O2/c1-2-3-4-5-6-7-10-13(15)14(16)11-8-9-12-14/h16H,2-12H2,1H3. The number of hydrogen-bond acceptors (Lipinski definition) is 2. The predicted octanol–water partition coefficient (Wildman–Crippen LogP) is 3.61. The van der Waals surface area contributed by atoms with Crippen LogP contribution in [0.1, 0.15) is 77.6 Å². The fourth-order valence-electron chi connectivity index (χ4n) is 2.54. The molecule has 0 aromatic rings. The van der Waals surface area contributed by atoms with Crippen LogP contribution in [-0.4, -0.2) is 16.5 Å². The van der Waals surface area contributed by atoms with Crippen molar-refractivity contribution in [3.05, 3.63) is 0 Å². The Bertz CT molecular complexity index is 205. The molecule has 0 heterocycles. The number of Topliss-reactive ketones (excluding diaryl/α,β-unsaturated/α-hetero) is 1. The molecule has 1 saturated carbocycles. The lowest BCUT2D eigenvalue weighted by Crippen LogP contribution is -2.35. The number of hydrogen-bond donors (Lipinski definition) is 1. The normalized spacial score (nSPS) is 18.9. The minimum absolute atomic E-state index is 0.0977. The Kier molecular flexibility index (Phi) is 6.04. The number of aliphatic hydroxyl groups is 1. The fourth-order valence-corrected chi connectivity index (χ4v) is 2.54. The molecule has 1 aliphatic carbocycles. The molecule has 0 amide bonds. The highest BCUT2D eigenvalue weighted by atomic mass is 16.3. The first kappa shape index (κ1) is 13.7. The van der Waals surface area contributed by atoms with E-state index in [1.54, 1.807) is 0 Å². The maximum absolute atomic E-state index is 11.8. The van der Waals surface area contributed by atoms with E-state index >= 15 is 0 Å². The van der Waals surface area contributed by atoms with Gasteiger partial charge in [0, 0.05) is 6.42 Å². The molecule has 0 aromatic carbocycles. The minimum Gasteiger partial charge on any atom is -0.382 e. The smallest absolute Gasteiger partial charge is 0.164 e. The number of carbonyl (C=O) groups excluding carboxylic acids is 1. The van der Waals surface area contributed by atoms with Crippen molar-refractivity contribution in [1.82, 2.24) is 0 Å². The van der Waals surface area contributed by atoms with Gasteiger partial charge in [-0.3, -0.25) is 4.79 Å². The van der Waals surface area contributed by atoms with E-state index in [1.807, 2.05) is 0 Å². The zero-order valence-corrected chi connectivity index (χ0v) is 10.6. The molecule has 0 bridgehead atoms. The Labute approximate surface area is 99.4 Å². The summed E-state index contributed by atoms with van der Waals surface area (Å²) in [5.74, 6) is 0.0977. The number of carbonyl (C=O) groups is 1. The minimum atomic E-state index is -0.941. The van der Waals surface area contributed by atoms with E-state index in [4.69, 9.17) is 0 Å². The monoisotopic (exact) mass is 226 g/mol. The second-order valence-electron chi connectivity index (χ2n) is 5.18. The van der Waals surface area contributed by atoms with E-state index in [1.165, 1.54) is 25.7 Å². The van der Waals surface area contributed by atoms with E-state index in [-0.39, 0.29) is 5.78 Å². The fraction of sp³-hybridized carbons (Fsp3) is 0.929. The van der Waals surface area contributed by atoms with Gasteiger partial charge in [-0.1, -0.05) is 39.0 Å². The van der Waals surface area contributed by atoms with Crippen molar-refractivity contribution < 1.29 is 9.90 Å². The maximum atomic E-state index is 11.8. The first-order valence-corrected chi connectivity index (χ1v) is 6.95. The van der Waals surface area contributed by atoms with Crippen LogP contribution < -0.4 is 0 Å². The summed E-state index contributed by atoms with van der Waals surface area (Å²) in [6.45, 7) is 2.21. The van der Waals surface area contributed by atoms with Gasteiger partial charge in [-0.05, 0) is 32.1 Å². The van der Waals surface area contributed by atoms with E-state index < -0.39 is 5.60 Å². The van der Waals surface area contributed by atoms with Crippen LogP contribution in [0.2, 0.25) is 0 Å². The van der Waals surface area contributed by atoms with Crippen molar-refractivity contribution in [2.75, 3.05) is 0 Å². The summed E-state index contributed by atoms with van der Waals surface area (Å²) >= 11 is 0. The Morgan fingerprint density at radius 2 is 1.62 bits per heavy atom. The summed E-state index contributed by atoms with van der Waals surface area (Å²) in [6.07, 6.45) is 11.2. The molecular formula is C14H26O2. The van der Waals surface area contributed by atoms with Gasteiger partial charge >= 0.3 is 0 Å². The van der Waals surface area contributed by atoms with Gasteiger partial charge < -0.3 is 5.11 Å². The largest absolute Gasteiger partial charge is 0.382 e. The molecule has 16 heavy (non-hydrogen) atoms. The first-order valence-electron chi connectivity index (χ1n) is 6.95. The summed E-state index contributed by atoms with van der Waals surface area (Å²) < 4.78 is 0. The summed E-state index contributed by atoms with van der Waals surface area (Å²) in [7, 11) is 0. The number of rotatable bonds is 8. The Morgan fingerprint density at radius 1 is 1.06 bits per heavy atom. The molecule has 1 N–H and O–H groups in total. The average Bonchev–Trinajstić information content (AvgIpc) is 2.71. The first-order chi connectivity index (χ1) is 7.69. The van der Waals surface area contributed by atoms with Crippen molar-refractivity contribution >= 4 is 5.78 Å². The van der Waals surface area contributed by atoms with Gasteiger partial charge in [-0.2, -0.15) is 0 Å². The zero-order chi connectivity index (χ0) is 11.9. The van der Waals surface area contributed by atoms with Gasteiger partial charge in [-0.25, -0.2) is 0 Å². The topological polar surface area (TPSA) is 37.3 Å². The SMILES string of the molecule is CCCCCCCCC(=O)C1(O)CCCC1. The zero-order valence-electron chi connectivity index (χ0n) is 10.6. The third-order valence-electron chi connectivity index (χ3n) is 3.71. The molecule has 0 saturated heterocycles. The van der Waals surface area contributed by atoms with Crippen LogP contribution in [0.4, 0.5) is 0 Å². The number of ketones is 1. The molecule has 1 fully saturated rings. The lowest BCUT2D eigenvalue weighted by Gasteiger charge is -2.20. The van der Waals surface area contributed by atoms with Crippen LogP contribution in [0.3, 0.4) is 0 Å². The lowest BCUT2D eigenvalue weighted by molar-refractivity contribution is -0.136. The van der Waals surface area contributed by atoms with Crippen LogP contribution >= 0.6 is 0 Å². The van der Waals surface area contributed by atoms with Crippen molar-refractivity contribution in [3.8, 4) is 0 Å². The molecular weight excluding hydrogens is 200 g/mol. The Hall–Kier alpha value is -0.370. The summed E-state index contributed by atoms with van der Waals surface area (Å²) in [5.41, 5.74) is -0.941. The second-order valence-corrected chi connectivity index (χ2v) is 5.18. The van der Waals surface area contributed by atoms with Crippen molar-refractivity contribution in [2.45, 2.75) is 83.2 Å². The molecule has 2 nitrogen and oxygen atoms in total. The highest BCUT2D eigenvalue weighted by Gasteiger charge is 2.37. The van der Waals surface area contributed by atoms with Crippen molar-refractivity contribution in [1.29, 1.82) is 0 Å². The summed E-state index contributed by atoms with van der Waals surface area (Å²) in [4.78, 5) is 11.8. The highest BCUT2D eigenvalue weighted by Crippen LogP contribution is 2.31. The molecule has 0 aromatic heterocycles. The van der Waals surface area contributed by atoms with Crippen LogP contribution in [0.5, 0.6) is 0 Å². The lowest BCUT2D eigenvalue weighted by atomic mass is 9.92. The quantitative estimate of drug-likeness (QED) is 0.642. The van der Waals surface area contributed by atoms with Gasteiger partial charge in [0.1, 0.15) is 5.60 Å². The molecule has 2 heteroatoms. The third kappa shape index (κ3) is 4.25. The highest BCUT2D eigenvalue weighted by molar-refractivity contribution is 5.87. The van der Waals surface area contributed by atoms with E-state index in [0.717, 1.165) is 25.7 Å². The Morgan fingerprint density at radius 3 is 2.25 bits per heavy atom. The predicted molar refractivity (Wildman–Crippen MR) is 66.4 cm³/mol. The molecule has 0 radical (unpaired) electrons. The van der Waals surface area contributed by atoms with Gasteiger partial charge in [0.2, 0.25) is 0 Å². The molecule has 0 spiro atoms. The van der Waals surface area contributed by atoms with Gasteiger partial charge in [0.05, 0.1) is 0 Å². The average molecular weight is 226 g/mol. The molecule has 0 aliphatic heterocycles. The maximum Gasteiger partial charge on any atom is 0.164 e. The molecule has 1 rings (SSSR count). The van der Waals surface area contributed by atoms with Crippen molar-refractivity contribution in [2.24, 2.45) is 0 Å². The summed E-state index contributed by atoms with van der Waals surface area (Å²) in [6, 6.07) is 0. The molecule has 94 valence electrons. The van der Waals surface area contributed by atoms with Crippen LogP contribution in [0.25, 0.3) is 0 Å². The van der Waals surface area contributed by atoms with Gasteiger partial charge in [0.25, 0.3) is 0 Å². The summed E-state index contributed by atoms with van der Waals surface area (Å²) in [5, 5.41) is 10.1. The van der Waals surface area contributed by atoms with Crippen LogP contribution in [0.15, 0.2) is 0 Å².